The number of piperidine rings is 1. The molecule has 0 bridgehead atoms. The van der Waals surface area contributed by atoms with E-state index in [1.807, 2.05) is 90.7 Å². The number of carboxylic acid groups (broad SMARTS) is 1. The molecule has 9 heterocycles. The number of aromatic amines is 1. The van der Waals surface area contributed by atoms with E-state index < -0.39 is 5.97 Å². The van der Waals surface area contributed by atoms with Crippen molar-refractivity contribution >= 4 is 123 Å². The van der Waals surface area contributed by atoms with Gasteiger partial charge in [-0.05, 0) is 244 Å². The Kier molecular flexibility index (Phi) is 42.3. The first-order valence-corrected chi connectivity index (χ1v) is 48.6. The standard InChI is InChI=1S/C23H27ClN4O3.C23H29ClN4O2.C21H25ClN4O2.C13H16Cl2N2O.C10H12N2O2.C5H11NO.CH2O3.2Cs.Li.H2O.H/c1-3-31-23(30)22-21-16-11-15(16)12-19(21)28(25-22)13-20(29)27-9-7-26(8-10-27)18-6-4-5-17(24)14(18)2;1-3-30-23(29)22-21-17-13-16(17)14-20(21)28(25-22)12-9-26-7-10-27(11-8-26)19-6-4-5-18(24)15(19)2;1-13-16(22)3-2-4-17(13)25-8-5-24(6-9-25)7-10-26-18-12-14-11-15(14)19(18)20(23-26)21(27)28;1-10-11(15)3-2-4-12(10)16-5-7-17(8-6-16)13(18)9-14;1-2-14-10(13)9-8-6-3-5(6)4-7(8)11-12-9;7-5-1-3-6-4-2-5;2-1-4-3;;;;;/h4-6,15-16H,3,7-13H2,1-2H3;4-6,16-17H,3,7-14H2,1-2H3;2-4,14-15H,5-12H2,1H3,(H,27,28);2-4H,5-9H2,1H3;5-6H,2-4H2,1H3,(H,11,12);5-7H,1-4H2;1,3H;;;;1H2;/q;;;;;;;3*+1;;-1/p-2/t15-,16-;16-,17-;14-,15-;;5-,6-;;;;;;;/m111.1......./s1. The number of nitrogens with one attached hydrogen (secondary N) is 2. The van der Waals surface area contributed by atoms with E-state index >= 15 is 0 Å². The molecule has 8 atom stereocenters. The number of ether oxygens (including phenoxy) is 3. The van der Waals surface area contributed by atoms with Gasteiger partial charge in [0.2, 0.25) is 11.8 Å². The third-order valence-corrected chi connectivity index (χ3v) is 30.0. The number of hydrogen-bond acceptors (Lipinski definition) is 25. The van der Waals surface area contributed by atoms with Gasteiger partial charge in [-0.25, -0.2) is 19.2 Å². The third-order valence-electron chi connectivity index (χ3n) is 28.1. The first-order valence-electron chi connectivity index (χ1n) is 46.6. The summed E-state index contributed by atoms with van der Waals surface area (Å²) in [7, 11) is 0. The Hall–Kier alpha value is -4.88. The molecule has 0 unspecified atom stereocenters. The number of H-pyrrole nitrogens is 1. The van der Waals surface area contributed by atoms with Crippen LogP contribution in [0.25, 0.3) is 0 Å². The summed E-state index contributed by atoms with van der Waals surface area (Å²) < 4.78 is 21.2. The average molecular weight is 2210 g/mol. The largest absolute Gasteiger partial charge is 1.00 e. The van der Waals surface area contributed by atoms with Gasteiger partial charge in [-0.1, -0.05) is 70.7 Å². The maximum atomic E-state index is 13.0. The van der Waals surface area contributed by atoms with E-state index in [1.54, 1.807) is 11.6 Å². The van der Waals surface area contributed by atoms with Crippen LogP contribution in [0.3, 0.4) is 0 Å². The van der Waals surface area contributed by atoms with Crippen molar-refractivity contribution in [2.75, 3.05) is 176 Å². The Bertz CT molecular complexity index is 5490. The number of carbonyl (C=O) groups excluding carboxylic acids is 6. The van der Waals surface area contributed by atoms with E-state index in [4.69, 9.17) is 87.4 Å². The number of benzene rings is 4. The number of amides is 2. The molecule has 0 spiro atoms. The number of aliphatic hydroxyl groups is 1. The summed E-state index contributed by atoms with van der Waals surface area (Å²) in [4.78, 5) is 102. The molecular weight excluding hydrogens is 2080 g/mol. The number of halogens is 5. The van der Waals surface area contributed by atoms with Gasteiger partial charge in [0.15, 0.2) is 22.8 Å². The summed E-state index contributed by atoms with van der Waals surface area (Å²) >= 11 is 30.5. The van der Waals surface area contributed by atoms with Crippen LogP contribution < -0.4 is 187 Å². The number of hydrogen-bond donors (Lipinski definition) is 4. The van der Waals surface area contributed by atoms with E-state index in [0.717, 1.165) is 276 Å². The molecule has 136 heavy (non-hydrogen) atoms. The van der Waals surface area contributed by atoms with Gasteiger partial charge < -0.3 is 76.2 Å². The first-order chi connectivity index (χ1) is 63.8. The Balaban J connectivity index is 0.000000174. The van der Waals surface area contributed by atoms with E-state index in [9.17, 15) is 33.9 Å². The molecule has 40 heteroatoms. The molecule has 5 N–H and O–H groups in total. The minimum Gasteiger partial charge on any atom is -1.00 e. The Morgan fingerprint density at radius 3 is 1.14 bits per heavy atom. The van der Waals surface area contributed by atoms with Gasteiger partial charge in [0.05, 0.1) is 39.0 Å². The van der Waals surface area contributed by atoms with Crippen molar-refractivity contribution in [2.45, 2.75) is 162 Å². The topological polar surface area (TPSA) is 370 Å². The fourth-order valence-corrected chi connectivity index (χ4v) is 21.3. The molecular formula is C96H123Cl5Cs2LiN17O15. The molecule has 4 saturated carbocycles. The smallest absolute Gasteiger partial charge is 1.00 e. The summed E-state index contributed by atoms with van der Waals surface area (Å²) in [5.74, 6) is 3.10. The third kappa shape index (κ3) is 26.6. The van der Waals surface area contributed by atoms with Gasteiger partial charge in [-0.2, -0.15) is 20.4 Å². The average Bonchev–Trinajstić information content (AvgIpc) is 1.54. The number of nitrogens with zero attached hydrogens (tertiary/aromatic N) is 15. The fraction of sp³-hybridized carbons (Fsp3) is 0.552. The van der Waals surface area contributed by atoms with Gasteiger partial charge in [-0.3, -0.25) is 43.3 Å². The SMILES string of the molecule is CCOC(=O)c1n[nH]c2c1[C@@H]1C[C@@H]1C2.CCOC(=O)c1nn(CC(=O)N2CCN(c3cccc(Cl)c3C)CC2)c2c1[C@@H]1C[C@@H]1C2.CCOC(=O)c1nn(CCN2CCN(c3cccc(Cl)c3C)CC2)c2c1[C@@H]1C[C@@H]1C2.Cc1c(Cl)cccc1N1CCN(C(=O)CCl)CC1.Cc1c(Cl)cccc1N1CCN(CCn2nc(C(=O)O)c3c2C[C@H]2C[C@@H]32)CC1.O=CO[O-].OC1CCNCC1.[Cs+].[Cs+].[H-].[Li+].[OH-]. The zero-order chi connectivity index (χ0) is 93.3. The van der Waals surface area contributed by atoms with Crippen LogP contribution in [0, 0.1) is 51.4 Å². The number of carboxylic acids is 1. The first kappa shape index (κ1) is 111. The molecule has 13 aliphatic rings. The molecule has 21 rings (SSSR count). The summed E-state index contributed by atoms with van der Waals surface area (Å²) in [6, 6.07) is 24.1. The van der Waals surface area contributed by atoms with E-state index in [2.05, 4.69) is 108 Å². The van der Waals surface area contributed by atoms with Crippen LogP contribution in [-0.2, 0) is 78.8 Å². The molecule has 0 radical (unpaired) electrons. The Morgan fingerprint density at radius 1 is 0.471 bits per heavy atom. The summed E-state index contributed by atoms with van der Waals surface area (Å²) in [5, 5.41) is 53.8. The molecule has 2 amide bonds. The van der Waals surface area contributed by atoms with Crippen molar-refractivity contribution < 1.29 is 232 Å². The van der Waals surface area contributed by atoms with Crippen LogP contribution in [0.1, 0.15) is 194 Å². The van der Waals surface area contributed by atoms with Crippen LogP contribution in [-0.4, -0.2) is 280 Å². The number of aliphatic hydroxyl groups excluding tert-OH is 1. The molecule has 5 aliphatic heterocycles. The minimum absolute atomic E-state index is 0. The Labute approximate surface area is 951 Å². The van der Waals surface area contributed by atoms with Gasteiger partial charge in [0, 0.05) is 206 Å². The molecule has 720 valence electrons. The predicted molar refractivity (Wildman–Crippen MR) is 507 cm³/mol. The molecule has 5 saturated heterocycles. The van der Waals surface area contributed by atoms with Crippen LogP contribution >= 0.6 is 58.0 Å². The van der Waals surface area contributed by atoms with Crippen molar-refractivity contribution in [3.8, 4) is 0 Å². The van der Waals surface area contributed by atoms with Crippen molar-refractivity contribution in [3.05, 3.63) is 183 Å². The van der Waals surface area contributed by atoms with Crippen molar-refractivity contribution in [3.63, 3.8) is 0 Å². The quantitative estimate of drug-likeness (QED) is 0.0153. The Morgan fingerprint density at radius 2 is 0.794 bits per heavy atom. The molecule has 4 aromatic carbocycles. The number of anilines is 4. The molecule has 8 aliphatic carbocycles. The maximum Gasteiger partial charge on any atom is 1.00 e. The number of piperazine rings is 4. The van der Waals surface area contributed by atoms with Crippen LogP contribution in [0.2, 0.25) is 20.1 Å². The minimum atomic E-state index is -0.881. The van der Waals surface area contributed by atoms with Gasteiger partial charge >= 0.3 is 181 Å². The number of alkyl halides is 1. The number of rotatable bonds is 21. The molecule has 9 fully saturated rings. The van der Waals surface area contributed by atoms with Gasteiger partial charge in [-0.15, -0.1) is 11.6 Å². The number of esters is 3. The zero-order valence-electron chi connectivity index (χ0n) is 80.7. The monoisotopic (exact) mass is 2200 g/mol. The normalized spacial score (nSPS) is 21.1. The van der Waals surface area contributed by atoms with E-state index in [0.29, 0.717) is 91.2 Å². The molecule has 4 aromatic heterocycles. The van der Waals surface area contributed by atoms with Crippen LogP contribution in [0.4, 0.5) is 22.7 Å². The fourth-order valence-electron chi connectivity index (χ4n) is 20.5. The number of fused-ring (bicyclic) bond motifs is 12. The maximum absolute atomic E-state index is 13.0. The predicted octanol–water partition coefficient (Wildman–Crippen LogP) is 2.45. The summed E-state index contributed by atoms with van der Waals surface area (Å²) in [6.45, 7) is 34.1. The number of carbonyl (C=O) groups is 7. The van der Waals surface area contributed by atoms with E-state index in [1.165, 1.54) is 41.2 Å². The number of aromatic carboxylic acids is 1. The molecule has 32 nitrogen and oxygen atoms in total. The molecule has 8 aromatic rings. The van der Waals surface area contributed by atoms with Gasteiger partial charge in [0.25, 0.3) is 6.47 Å². The van der Waals surface area contributed by atoms with Crippen LogP contribution in [0.15, 0.2) is 72.8 Å². The van der Waals surface area contributed by atoms with Crippen molar-refractivity contribution in [2.24, 2.45) is 23.7 Å². The summed E-state index contributed by atoms with van der Waals surface area (Å²) in [5.41, 5.74) is 20.0. The second kappa shape index (κ2) is 51.6. The van der Waals surface area contributed by atoms with E-state index in [-0.39, 0.29) is 218 Å². The van der Waals surface area contributed by atoms with Crippen LogP contribution in [0.5, 0.6) is 0 Å². The number of aromatic nitrogens is 8. The second-order valence-electron chi connectivity index (χ2n) is 36.1. The summed E-state index contributed by atoms with van der Waals surface area (Å²) in [6.07, 6.45) is 10.5. The second-order valence-corrected chi connectivity index (χ2v) is 38.0. The van der Waals surface area contributed by atoms with Gasteiger partial charge in [0.1, 0.15) is 12.4 Å². The van der Waals surface area contributed by atoms with Crippen molar-refractivity contribution in [1.82, 2.24) is 64.5 Å². The van der Waals surface area contributed by atoms with Crippen molar-refractivity contribution in [1.29, 1.82) is 0 Å². The zero-order valence-corrected chi connectivity index (χ0v) is 96.0.